The summed E-state index contributed by atoms with van der Waals surface area (Å²) in [5, 5.41) is 2.92. The lowest BCUT2D eigenvalue weighted by Crippen LogP contribution is -2.16. The quantitative estimate of drug-likeness (QED) is 0.796. The Labute approximate surface area is 134 Å². The third kappa shape index (κ3) is 3.58. The summed E-state index contributed by atoms with van der Waals surface area (Å²) in [6.45, 7) is 0. The summed E-state index contributed by atoms with van der Waals surface area (Å²) in [6, 6.07) is 9.12. The van der Waals surface area contributed by atoms with E-state index in [2.05, 4.69) is 42.2 Å². The zero-order chi connectivity index (χ0) is 14.7. The molecule has 0 bridgehead atoms. The van der Waals surface area contributed by atoms with Gasteiger partial charge in [-0.2, -0.15) is 0 Å². The number of carbonyl (C=O) groups excluding carboxylic acids is 1. The van der Waals surface area contributed by atoms with Gasteiger partial charge in [0.1, 0.15) is 4.60 Å². The highest BCUT2D eigenvalue weighted by Crippen LogP contribution is 2.28. The van der Waals surface area contributed by atoms with Crippen molar-refractivity contribution >= 4 is 49.1 Å². The van der Waals surface area contributed by atoms with Gasteiger partial charge in [0.05, 0.1) is 11.4 Å². The van der Waals surface area contributed by atoms with E-state index in [1.165, 1.54) is 0 Å². The lowest BCUT2D eigenvalue weighted by Gasteiger charge is -2.18. The Bertz CT molecular complexity index is 644. The zero-order valence-corrected chi connectivity index (χ0v) is 14.2. The predicted molar refractivity (Wildman–Crippen MR) is 88.4 cm³/mol. The fourth-order valence-corrected chi connectivity index (χ4v) is 2.46. The molecule has 0 aliphatic heterocycles. The van der Waals surface area contributed by atoms with Crippen LogP contribution in [-0.4, -0.2) is 25.0 Å². The van der Waals surface area contributed by atoms with Crippen molar-refractivity contribution in [2.24, 2.45) is 0 Å². The number of rotatable bonds is 3. The standard InChI is InChI=1S/C14H13Br2N3O/c1-19(2)12-4-3-10(15)8-11(12)18-14(20)9-5-6-17-13(16)7-9/h3-8H,1-2H3,(H,18,20). The van der Waals surface area contributed by atoms with E-state index in [0.717, 1.165) is 15.8 Å². The number of hydrogen-bond acceptors (Lipinski definition) is 3. The zero-order valence-electron chi connectivity index (χ0n) is 11.0. The van der Waals surface area contributed by atoms with E-state index in [1.807, 2.05) is 37.2 Å². The first-order valence-electron chi connectivity index (χ1n) is 5.87. The van der Waals surface area contributed by atoms with Gasteiger partial charge in [-0.25, -0.2) is 4.98 Å². The third-order valence-electron chi connectivity index (χ3n) is 2.68. The highest BCUT2D eigenvalue weighted by molar-refractivity contribution is 9.10. The number of halogens is 2. The number of nitrogens with one attached hydrogen (secondary N) is 1. The van der Waals surface area contributed by atoms with Crippen molar-refractivity contribution in [1.82, 2.24) is 4.98 Å². The van der Waals surface area contributed by atoms with E-state index in [0.29, 0.717) is 10.2 Å². The van der Waals surface area contributed by atoms with Crippen LogP contribution < -0.4 is 10.2 Å². The summed E-state index contributed by atoms with van der Waals surface area (Å²) < 4.78 is 1.54. The molecule has 2 aromatic rings. The van der Waals surface area contributed by atoms with Gasteiger partial charge in [-0.15, -0.1) is 0 Å². The van der Waals surface area contributed by atoms with E-state index >= 15 is 0 Å². The van der Waals surface area contributed by atoms with Gasteiger partial charge in [0.25, 0.3) is 5.91 Å². The lowest BCUT2D eigenvalue weighted by molar-refractivity contribution is 0.102. The summed E-state index contributed by atoms with van der Waals surface area (Å²) in [5.74, 6) is -0.172. The molecule has 0 radical (unpaired) electrons. The molecule has 2 rings (SSSR count). The van der Waals surface area contributed by atoms with Gasteiger partial charge in [-0.05, 0) is 46.3 Å². The third-order valence-corrected chi connectivity index (χ3v) is 3.60. The first kappa shape index (κ1) is 15.0. The maximum atomic E-state index is 12.3. The van der Waals surface area contributed by atoms with E-state index in [-0.39, 0.29) is 5.91 Å². The van der Waals surface area contributed by atoms with Crippen LogP contribution in [-0.2, 0) is 0 Å². The molecular weight excluding hydrogens is 386 g/mol. The van der Waals surface area contributed by atoms with Crippen molar-refractivity contribution in [2.75, 3.05) is 24.3 Å². The summed E-state index contributed by atoms with van der Waals surface area (Å²) in [4.78, 5) is 18.2. The topological polar surface area (TPSA) is 45.2 Å². The Morgan fingerprint density at radius 3 is 2.60 bits per heavy atom. The summed E-state index contributed by atoms with van der Waals surface area (Å²) in [6.07, 6.45) is 1.59. The van der Waals surface area contributed by atoms with Gasteiger partial charge in [0, 0.05) is 30.3 Å². The second-order valence-corrected chi connectivity index (χ2v) is 6.11. The molecule has 104 valence electrons. The average molecular weight is 399 g/mol. The van der Waals surface area contributed by atoms with Crippen molar-refractivity contribution in [3.8, 4) is 0 Å². The molecule has 0 aliphatic carbocycles. The average Bonchev–Trinajstić information content (AvgIpc) is 2.38. The molecule has 0 fully saturated rings. The van der Waals surface area contributed by atoms with Crippen LogP contribution in [0.25, 0.3) is 0 Å². The first-order valence-corrected chi connectivity index (χ1v) is 7.46. The normalized spacial score (nSPS) is 10.2. The molecule has 1 aromatic heterocycles. The number of anilines is 2. The van der Waals surface area contributed by atoms with Crippen LogP contribution in [0, 0.1) is 0 Å². The molecule has 0 aliphatic rings. The van der Waals surface area contributed by atoms with Gasteiger partial charge in [0.15, 0.2) is 0 Å². The Morgan fingerprint density at radius 2 is 1.95 bits per heavy atom. The van der Waals surface area contributed by atoms with Crippen molar-refractivity contribution in [2.45, 2.75) is 0 Å². The fraction of sp³-hybridized carbons (Fsp3) is 0.143. The molecule has 6 heteroatoms. The van der Waals surface area contributed by atoms with Crippen molar-refractivity contribution < 1.29 is 4.79 Å². The Hall–Kier alpha value is -1.40. The highest BCUT2D eigenvalue weighted by Gasteiger charge is 2.11. The van der Waals surface area contributed by atoms with Crippen LogP contribution >= 0.6 is 31.9 Å². The van der Waals surface area contributed by atoms with Crippen LogP contribution in [0.5, 0.6) is 0 Å². The van der Waals surface area contributed by atoms with Gasteiger partial charge in [0.2, 0.25) is 0 Å². The van der Waals surface area contributed by atoms with Crippen LogP contribution in [0.2, 0.25) is 0 Å². The smallest absolute Gasteiger partial charge is 0.255 e. The van der Waals surface area contributed by atoms with Gasteiger partial charge in [-0.1, -0.05) is 15.9 Å². The first-order chi connectivity index (χ1) is 9.47. The van der Waals surface area contributed by atoms with Crippen LogP contribution in [0.3, 0.4) is 0 Å². The summed E-state index contributed by atoms with van der Waals surface area (Å²) >= 11 is 6.67. The number of aromatic nitrogens is 1. The van der Waals surface area contributed by atoms with Gasteiger partial charge < -0.3 is 10.2 Å². The van der Waals surface area contributed by atoms with Crippen molar-refractivity contribution in [3.63, 3.8) is 0 Å². The molecule has 1 aromatic carbocycles. The molecule has 4 nitrogen and oxygen atoms in total. The van der Waals surface area contributed by atoms with Gasteiger partial charge in [-0.3, -0.25) is 4.79 Å². The van der Waals surface area contributed by atoms with E-state index in [9.17, 15) is 4.79 Å². The van der Waals surface area contributed by atoms with Crippen LogP contribution in [0.15, 0.2) is 45.6 Å². The number of hydrogen-bond donors (Lipinski definition) is 1. The number of carbonyl (C=O) groups is 1. The molecule has 0 spiro atoms. The number of nitrogens with zero attached hydrogens (tertiary/aromatic N) is 2. The largest absolute Gasteiger partial charge is 0.376 e. The Morgan fingerprint density at radius 1 is 1.20 bits per heavy atom. The van der Waals surface area contributed by atoms with E-state index in [4.69, 9.17) is 0 Å². The molecule has 0 unspecified atom stereocenters. The lowest BCUT2D eigenvalue weighted by atomic mass is 10.2. The number of pyridine rings is 1. The Kier molecular flexibility index (Phi) is 4.77. The summed E-state index contributed by atoms with van der Waals surface area (Å²) in [7, 11) is 3.86. The molecule has 0 saturated heterocycles. The molecule has 20 heavy (non-hydrogen) atoms. The molecule has 1 N–H and O–H groups in total. The van der Waals surface area contributed by atoms with E-state index < -0.39 is 0 Å². The maximum Gasteiger partial charge on any atom is 0.255 e. The number of amides is 1. The summed E-state index contributed by atoms with van der Waals surface area (Å²) in [5.41, 5.74) is 2.24. The van der Waals surface area contributed by atoms with Gasteiger partial charge >= 0.3 is 0 Å². The van der Waals surface area contributed by atoms with E-state index in [1.54, 1.807) is 18.3 Å². The monoisotopic (exact) mass is 397 g/mol. The Balaban J connectivity index is 2.30. The maximum absolute atomic E-state index is 12.3. The molecule has 1 amide bonds. The minimum Gasteiger partial charge on any atom is -0.376 e. The highest BCUT2D eigenvalue weighted by atomic mass is 79.9. The molecule has 0 atom stereocenters. The minimum absolute atomic E-state index is 0.172. The van der Waals surface area contributed by atoms with Crippen LogP contribution in [0.4, 0.5) is 11.4 Å². The fourth-order valence-electron chi connectivity index (χ4n) is 1.74. The second-order valence-electron chi connectivity index (χ2n) is 4.38. The molecular formula is C14H13Br2N3O. The molecule has 1 heterocycles. The van der Waals surface area contributed by atoms with Crippen molar-refractivity contribution in [1.29, 1.82) is 0 Å². The molecule has 0 saturated carbocycles. The van der Waals surface area contributed by atoms with Crippen molar-refractivity contribution in [3.05, 3.63) is 51.2 Å². The predicted octanol–water partition coefficient (Wildman–Crippen LogP) is 3.92. The number of benzene rings is 1. The minimum atomic E-state index is -0.172. The van der Waals surface area contributed by atoms with Crippen LogP contribution in [0.1, 0.15) is 10.4 Å². The SMILES string of the molecule is CN(C)c1ccc(Br)cc1NC(=O)c1ccnc(Br)c1. The second kappa shape index (κ2) is 6.37.